The number of carbonyl (C=O) groups excluding carboxylic acids is 2. The molecule has 156 valence electrons. The molecule has 1 aromatic carbocycles. The van der Waals surface area contributed by atoms with Crippen molar-refractivity contribution in [2.75, 3.05) is 13.1 Å². The maximum absolute atomic E-state index is 13.5. The Morgan fingerprint density at radius 1 is 1.20 bits per heavy atom. The van der Waals surface area contributed by atoms with E-state index in [1.807, 2.05) is 36.9 Å². The largest absolute Gasteiger partial charge is 0.459 e. The van der Waals surface area contributed by atoms with Crippen LogP contribution in [-0.4, -0.2) is 40.7 Å². The fraction of sp³-hybridized carbons (Fsp3) is 0.333. The van der Waals surface area contributed by atoms with Gasteiger partial charge in [0, 0.05) is 17.5 Å². The highest BCUT2D eigenvalue weighted by molar-refractivity contribution is 7.10. The Kier molecular flexibility index (Phi) is 6.04. The van der Waals surface area contributed by atoms with Crippen LogP contribution < -0.4 is 0 Å². The summed E-state index contributed by atoms with van der Waals surface area (Å²) in [5.74, 6) is -0.0189. The van der Waals surface area contributed by atoms with Crippen LogP contribution in [0.2, 0.25) is 0 Å². The molecule has 2 aromatic heterocycles. The Balaban J connectivity index is 1.62. The van der Waals surface area contributed by atoms with Gasteiger partial charge in [-0.15, -0.1) is 11.3 Å². The predicted molar refractivity (Wildman–Crippen MR) is 118 cm³/mol. The van der Waals surface area contributed by atoms with Gasteiger partial charge in [0.1, 0.15) is 6.54 Å². The summed E-state index contributed by atoms with van der Waals surface area (Å²) in [4.78, 5) is 31.4. The van der Waals surface area contributed by atoms with Gasteiger partial charge in [0.2, 0.25) is 5.91 Å². The molecule has 0 unspecified atom stereocenters. The third kappa shape index (κ3) is 3.92. The first-order chi connectivity index (χ1) is 14.6. The molecule has 0 spiro atoms. The van der Waals surface area contributed by atoms with E-state index in [0.717, 1.165) is 18.4 Å². The summed E-state index contributed by atoms with van der Waals surface area (Å²) >= 11 is 1.75. The first-order valence-corrected chi connectivity index (χ1v) is 11.2. The van der Waals surface area contributed by atoms with E-state index >= 15 is 0 Å². The van der Waals surface area contributed by atoms with Gasteiger partial charge in [0.05, 0.1) is 12.3 Å². The summed E-state index contributed by atoms with van der Waals surface area (Å²) < 4.78 is 5.31. The average Bonchev–Trinajstić information content (AvgIpc) is 3.48. The number of hydrogen-bond donors (Lipinski definition) is 0. The monoisotopic (exact) mass is 422 g/mol. The van der Waals surface area contributed by atoms with Crippen molar-refractivity contribution in [1.82, 2.24) is 9.80 Å². The summed E-state index contributed by atoms with van der Waals surface area (Å²) in [6.45, 7) is 4.67. The minimum absolute atomic E-state index is 0.0390. The van der Waals surface area contributed by atoms with Crippen LogP contribution in [0.5, 0.6) is 0 Å². The van der Waals surface area contributed by atoms with Gasteiger partial charge in [0.15, 0.2) is 5.76 Å². The van der Waals surface area contributed by atoms with Crippen LogP contribution in [0.15, 0.2) is 64.6 Å². The van der Waals surface area contributed by atoms with Gasteiger partial charge in [-0.25, -0.2) is 0 Å². The van der Waals surface area contributed by atoms with Crippen molar-refractivity contribution in [2.45, 2.75) is 38.8 Å². The van der Waals surface area contributed by atoms with Crippen molar-refractivity contribution in [3.63, 3.8) is 0 Å². The van der Waals surface area contributed by atoms with E-state index in [0.29, 0.717) is 6.54 Å². The Morgan fingerprint density at radius 2 is 2.00 bits per heavy atom. The van der Waals surface area contributed by atoms with E-state index in [1.54, 1.807) is 28.4 Å². The Morgan fingerprint density at radius 3 is 2.70 bits per heavy atom. The number of furan rings is 1. The van der Waals surface area contributed by atoms with Gasteiger partial charge in [-0.3, -0.25) is 9.59 Å². The lowest BCUT2D eigenvalue weighted by atomic mass is 9.93. The molecule has 0 radical (unpaired) electrons. The fourth-order valence-electron chi connectivity index (χ4n) is 4.01. The van der Waals surface area contributed by atoms with E-state index in [2.05, 4.69) is 23.6 Å². The molecular weight excluding hydrogens is 396 g/mol. The number of fused-ring (bicyclic) bond motifs is 1. The zero-order chi connectivity index (χ0) is 21.1. The zero-order valence-electron chi connectivity index (χ0n) is 17.3. The highest BCUT2D eigenvalue weighted by Crippen LogP contribution is 2.37. The second kappa shape index (κ2) is 8.88. The first kappa shape index (κ1) is 20.4. The first-order valence-electron chi connectivity index (χ1n) is 10.3. The molecule has 3 aromatic rings. The lowest BCUT2D eigenvalue weighted by Crippen LogP contribution is -2.49. The number of carbonyl (C=O) groups is 2. The van der Waals surface area contributed by atoms with Crippen LogP contribution in [0, 0.1) is 0 Å². The van der Waals surface area contributed by atoms with Crippen LogP contribution in [0.1, 0.15) is 52.9 Å². The predicted octanol–water partition coefficient (Wildman–Crippen LogP) is 4.76. The normalized spacial score (nSPS) is 16.7. The number of nitrogens with zero attached hydrogens (tertiary/aromatic N) is 2. The van der Waals surface area contributed by atoms with Crippen LogP contribution in [0.4, 0.5) is 0 Å². The van der Waals surface area contributed by atoms with Crippen molar-refractivity contribution in [2.24, 2.45) is 0 Å². The molecule has 0 bridgehead atoms. The van der Waals surface area contributed by atoms with Crippen molar-refractivity contribution in [3.05, 3.63) is 81.9 Å². The summed E-state index contributed by atoms with van der Waals surface area (Å²) in [5.41, 5.74) is 2.29. The fourth-order valence-corrected chi connectivity index (χ4v) is 4.91. The molecule has 2 amide bonds. The van der Waals surface area contributed by atoms with E-state index in [1.165, 1.54) is 16.7 Å². The third-order valence-corrected chi connectivity index (χ3v) is 6.82. The molecule has 1 aliphatic heterocycles. The number of benzene rings is 1. The van der Waals surface area contributed by atoms with E-state index in [9.17, 15) is 9.59 Å². The van der Waals surface area contributed by atoms with Gasteiger partial charge in [-0.1, -0.05) is 37.3 Å². The zero-order valence-corrected chi connectivity index (χ0v) is 18.1. The molecule has 1 aliphatic rings. The molecule has 2 atom stereocenters. The molecule has 6 heteroatoms. The second-order valence-electron chi connectivity index (χ2n) is 7.62. The lowest BCUT2D eigenvalue weighted by molar-refractivity contribution is -0.134. The summed E-state index contributed by atoms with van der Waals surface area (Å²) in [6.07, 6.45) is 3.09. The maximum Gasteiger partial charge on any atom is 0.290 e. The molecule has 3 heterocycles. The second-order valence-corrected chi connectivity index (χ2v) is 8.62. The summed E-state index contributed by atoms with van der Waals surface area (Å²) in [7, 11) is 0. The number of thiophene rings is 1. The van der Waals surface area contributed by atoms with Gasteiger partial charge >= 0.3 is 0 Å². The average molecular weight is 423 g/mol. The SMILES string of the molecule is CC[C@H](C)N(CC(=O)N1CCc2sccc2[C@@H]1c1ccccc1)C(=O)c1ccco1. The number of rotatable bonds is 6. The molecule has 0 aliphatic carbocycles. The Bertz CT molecular complexity index is 997. The highest BCUT2D eigenvalue weighted by Gasteiger charge is 2.35. The minimum atomic E-state index is -0.243. The molecule has 5 nitrogen and oxygen atoms in total. The quantitative estimate of drug-likeness (QED) is 0.576. The van der Waals surface area contributed by atoms with Crippen molar-refractivity contribution in [3.8, 4) is 0 Å². The van der Waals surface area contributed by atoms with Gasteiger partial charge in [0.25, 0.3) is 5.91 Å². The van der Waals surface area contributed by atoms with Gasteiger partial charge < -0.3 is 14.2 Å². The van der Waals surface area contributed by atoms with Crippen LogP contribution in [-0.2, 0) is 11.2 Å². The van der Waals surface area contributed by atoms with Crippen molar-refractivity contribution >= 4 is 23.2 Å². The van der Waals surface area contributed by atoms with Gasteiger partial charge in [-0.05, 0) is 54.5 Å². The topological polar surface area (TPSA) is 53.8 Å². The lowest BCUT2D eigenvalue weighted by Gasteiger charge is -2.38. The molecule has 0 saturated heterocycles. The summed E-state index contributed by atoms with van der Waals surface area (Å²) in [5, 5.41) is 2.10. The Hall–Kier alpha value is -2.86. The molecule has 0 N–H and O–H groups in total. The minimum Gasteiger partial charge on any atom is -0.459 e. The molecule has 30 heavy (non-hydrogen) atoms. The third-order valence-electron chi connectivity index (χ3n) is 5.82. The molecule has 0 fully saturated rings. The van der Waals surface area contributed by atoms with E-state index < -0.39 is 0 Å². The number of amides is 2. The van der Waals surface area contributed by atoms with E-state index in [4.69, 9.17) is 4.42 Å². The molecule has 4 rings (SSSR count). The van der Waals surface area contributed by atoms with Crippen molar-refractivity contribution in [1.29, 1.82) is 0 Å². The highest BCUT2D eigenvalue weighted by atomic mass is 32.1. The van der Waals surface area contributed by atoms with Gasteiger partial charge in [-0.2, -0.15) is 0 Å². The Labute approximate surface area is 180 Å². The molecular formula is C24H26N2O3S. The van der Waals surface area contributed by atoms with E-state index in [-0.39, 0.29) is 36.2 Å². The van der Waals surface area contributed by atoms with Crippen LogP contribution in [0.3, 0.4) is 0 Å². The number of hydrogen-bond acceptors (Lipinski definition) is 4. The maximum atomic E-state index is 13.5. The van der Waals surface area contributed by atoms with Crippen LogP contribution >= 0.6 is 11.3 Å². The summed E-state index contributed by atoms with van der Waals surface area (Å²) in [6, 6.07) is 15.4. The van der Waals surface area contributed by atoms with Crippen molar-refractivity contribution < 1.29 is 14.0 Å². The standard InChI is InChI=1S/C24H26N2O3S/c1-3-17(2)26(24(28)20-10-7-14-29-20)16-22(27)25-13-11-21-19(12-15-30-21)23(25)18-8-5-4-6-9-18/h4-10,12,14-15,17,23H,3,11,13,16H2,1-2H3/t17-,23-/m0/s1. The van der Waals surface area contributed by atoms with Crippen LogP contribution in [0.25, 0.3) is 0 Å². The smallest absolute Gasteiger partial charge is 0.290 e. The molecule has 0 saturated carbocycles.